The van der Waals surface area contributed by atoms with E-state index < -0.39 is 0 Å². The summed E-state index contributed by atoms with van der Waals surface area (Å²) in [5, 5.41) is 0.987. The SMILES string of the molecule is Fc1ccc2cc(CN3CCCCCC3)oc2c1. The summed E-state index contributed by atoms with van der Waals surface area (Å²) in [7, 11) is 0. The van der Waals surface area contributed by atoms with Crippen LogP contribution in [0.25, 0.3) is 11.0 Å². The fraction of sp³-hybridized carbons (Fsp3) is 0.467. The van der Waals surface area contributed by atoms with Gasteiger partial charge in [-0.2, -0.15) is 0 Å². The predicted octanol–water partition coefficient (Wildman–Crippen LogP) is 3.95. The van der Waals surface area contributed by atoms with Crippen LogP contribution >= 0.6 is 0 Å². The third-order valence-corrected chi connectivity index (χ3v) is 3.61. The van der Waals surface area contributed by atoms with Crippen LogP contribution in [0.2, 0.25) is 0 Å². The van der Waals surface area contributed by atoms with Crippen LogP contribution in [0.3, 0.4) is 0 Å². The van der Waals surface area contributed by atoms with Gasteiger partial charge in [0.05, 0.1) is 6.54 Å². The van der Waals surface area contributed by atoms with Crippen molar-refractivity contribution in [1.29, 1.82) is 0 Å². The van der Waals surface area contributed by atoms with E-state index in [9.17, 15) is 4.39 Å². The first-order chi connectivity index (χ1) is 8.81. The Morgan fingerprint density at radius 1 is 1.06 bits per heavy atom. The van der Waals surface area contributed by atoms with Crippen LogP contribution in [0.15, 0.2) is 28.7 Å². The summed E-state index contributed by atoms with van der Waals surface area (Å²) in [6, 6.07) is 6.74. The number of fused-ring (bicyclic) bond motifs is 1. The summed E-state index contributed by atoms with van der Waals surface area (Å²) in [6.07, 6.45) is 5.22. The second kappa shape index (κ2) is 5.11. The molecule has 0 atom stereocenters. The Morgan fingerprint density at radius 2 is 1.83 bits per heavy atom. The standard InChI is InChI=1S/C15H18FNO/c16-13-6-5-12-9-14(18-15(12)10-13)11-17-7-3-1-2-4-8-17/h5-6,9-10H,1-4,7-8,11H2. The quantitative estimate of drug-likeness (QED) is 0.799. The molecular formula is C15H18FNO. The largest absolute Gasteiger partial charge is 0.460 e. The minimum atomic E-state index is -0.238. The van der Waals surface area contributed by atoms with Crippen molar-refractivity contribution in [3.63, 3.8) is 0 Å². The summed E-state index contributed by atoms with van der Waals surface area (Å²) in [6.45, 7) is 3.13. The molecule has 96 valence electrons. The maximum Gasteiger partial charge on any atom is 0.137 e. The fourth-order valence-corrected chi connectivity index (χ4v) is 2.65. The summed E-state index contributed by atoms with van der Waals surface area (Å²) >= 11 is 0. The van der Waals surface area contributed by atoms with Crippen LogP contribution in [-0.4, -0.2) is 18.0 Å². The highest BCUT2D eigenvalue weighted by Crippen LogP contribution is 2.22. The second-order valence-electron chi connectivity index (χ2n) is 5.09. The lowest BCUT2D eigenvalue weighted by molar-refractivity contribution is 0.256. The molecule has 1 aromatic heterocycles. The Balaban J connectivity index is 1.77. The van der Waals surface area contributed by atoms with Gasteiger partial charge in [-0.3, -0.25) is 4.90 Å². The molecular weight excluding hydrogens is 229 g/mol. The van der Waals surface area contributed by atoms with E-state index in [4.69, 9.17) is 4.42 Å². The molecule has 0 unspecified atom stereocenters. The second-order valence-corrected chi connectivity index (χ2v) is 5.09. The average Bonchev–Trinajstić information content (AvgIpc) is 2.57. The molecule has 1 aromatic carbocycles. The lowest BCUT2D eigenvalue weighted by atomic mass is 10.2. The number of hydrogen-bond acceptors (Lipinski definition) is 2. The van der Waals surface area contributed by atoms with E-state index in [2.05, 4.69) is 4.90 Å². The molecule has 0 spiro atoms. The van der Waals surface area contributed by atoms with Gasteiger partial charge >= 0.3 is 0 Å². The molecule has 2 nitrogen and oxygen atoms in total. The highest BCUT2D eigenvalue weighted by Gasteiger charge is 2.12. The summed E-state index contributed by atoms with van der Waals surface area (Å²) in [4.78, 5) is 2.43. The molecule has 0 bridgehead atoms. The Kier molecular flexibility index (Phi) is 3.33. The van der Waals surface area contributed by atoms with Crippen molar-refractivity contribution in [1.82, 2.24) is 4.90 Å². The van der Waals surface area contributed by atoms with E-state index in [1.807, 2.05) is 6.07 Å². The molecule has 1 saturated heterocycles. The van der Waals surface area contributed by atoms with E-state index in [0.717, 1.165) is 30.8 Å². The highest BCUT2D eigenvalue weighted by molar-refractivity contribution is 5.77. The molecule has 1 aliphatic heterocycles. The van der Waals surface area contributed by atoms with Gasteiger partial charge in [-0.15, -0.1) is 0 Å². The van der Waals surface area contributed by atoms with Gasteiger partial charge in [0.2, 0.25) is 0 Å². The molecule has 0 radical (unpaired) electrons. The third kappa shape index (κ3) is 2.56. The van der Waals surface area contributed by atoms with E-state index in [1.165, 1.54) is 37.8 Å². The molecule has 0 saturated carbocycles. The summed E-state index contributed by atoms with van der Waals surface area (Å²) < 4.78 is 18.8. The maximum absolute atomic E-state index is 13.1. The van der Waals surface area contributed by atoms with E-state index in [1.54, 1.807) is 6.07 Å². The molecule has 0 aliphatic carbocycles. The molecule has 2 heterocycles. The van der Waals surface area contributed by atoms with Gasteiger partial charge in [0.1, 0.15) is 17.2 Å². The van der Waals surface area contributed by atoms with Crippen LogP contribution < -0.4 is 0 Å². The normalized spacial score (nSPS) is 18.1. The zero-order chi connectivity index (χ0) is 12.4. The number of likely N-dealkylation sites (tertiary alicyclic amines) is 1. The molecule has 3 heteroatoms. The van der Waals surface area contributed by atoms with E-state index >= 15 is 0 Å². The van der Waals surface area contributed by atoms with Crippen molar-refractivity contribution >= 4 is 11.0 Å². The monoisotopic (exact) mass is 247 g/mol. The lowest BCUT2D eigenvalue weighted by Gasteiger charge is -2.17. The lowest BCUT2D eigenvalue weighted by Crippen LogP contribution is -2.23. The van der Waals surface area contributed by atoms with Gasteiger partial charge in [-0.05, 0) is 44.1 Å². The van der Waals surface area contributed by atoms with Crippen LogP contribution in [0.5, 0.6) is 0 Å². The van der Waals surface area contributed by atoms with Crippen molar-refractivity contribution in [2.45, 2.75) is 32.2 Å². The van der Waals surface area contributed by atoms with Gasteiger partial charge < -0.3 is 4.42 Å². The van der Waals surface area contributed by atoms with Gasteiger partial charge in [-0.1, -0.05) is 12.8 Å². The molecule has 18 heavy (non-hydrogen) atoms. The number of hydrogen-bond donors (Lipinski definition) is 0. The van der Waals surface area contributed by atoms with E-state index in [-0.39, 0.29) is 5.82 Å². The van der Waals surface area contributed by atoms with Crippen molar-refractivity contribution in [2.75, 3.05) is 13.1 Å². The van der Waals surface area contributed by atoms with Crippen molar-refractivity contribution in [3.05, 3.63) is 35.8 Å². The Labute approximate surface area is 106 Å². The van der Waals surface area contributed by atoms with Crippen LogP contribution in [0.1, 0.15) is 31.4 Å². The summed E-state index contributed by atoms with van der Waals surface area (Å²) in [5.74, 6) is 0.704. The highest BCUT2D eigenvalue weighted by atomic mass is 19.1. The average molecular weight is 247 g/mol. The molecule has 3 rings (SSSR count). The van der Waals surface area contributed by atoms with Gasteiger partial charge in [0.15, 0.2) is 0 Å². The molecule has 2 aromatic rings. The maximum atomic E-state index is 13.1. The number of halogens is 1. The topological polar surface area (TPSA) is 16.4 Å². The van der Waals surface area contributed by atoms with Gasteiger partial charge in [-0.25, -0.2) is 4.39 Å². The van der Waals surface area contributed by atoms with Crippen LogP contribution in [0, 0.1) is 5.82 Å². The van der Waals surface area contributed by atoms with Gasteiger partial charge in [0, 0.05) is 11.5 Å². The molecule has 1 aliphatic rings. The first kappa shape index (κ1) is 11.7. The number of nitrogens with zero attached hydrogens (tertiary/aromatic N) is 1. The summed E-state index contributed by atoms with van der Waals surface area (Å²) in [5.41, 5.74) is 0.653. The van der Waals surface area contributed by atoms with Crippen LogP contribution in [0.4, 0.5) is 4.39 Å². The Hall–Kier alpha value is -1.35. The number of furan rings is 1. The van der Waals surface area contributed by atoms with Crippen molar-refractivity contribution in [3.8, 4) is 0 Å². The Morgan fingerprint density at radius 3 is 2.61 bits per heavy atom. The van der Waals surface area contributed by atoms with Crippen LogP contribution in [-0.2, 0) is 6.54 Å². The number of benzene rings is 1. The van der Waals surface area contributed by atoms with Gasteiger partial charge in [0.25, 0.3) is 0 Å². The molecule has 0 amide bonds. The molecule has 1 fully saturated rings. The van der Waals surface area contributed by atoms with Crippen molar-refractivity contribution in [2.24, 2.45) is 0 Å². The Bertz CT molecular complexity index is 526. The first-order valence-electron chi connectivity index (χ1n) is 6.71. The van der Waals surface area contributed by atoms with Crippen molar-refractivity contribution < 1.29 is 8.81 Å². The smallest absolute Gasteiger partial charge is 0.137 e. The minimum Gasteiger partial charge on any atom is -0.460 e. The predicted molar refractivity (Wildman–Crippen MR) is 69.9 cm³/mol. The van der Waals surface area contributed by atoms with E-state index in [0.29, 0.717) is 5.58 Å². The minimum absolute atomic E-state index is 0.238. The number of rotatable bonds is 2. The fourth-order valence-electron chi connectivity index (χ4n) is 2.65. The first-order valence-corrected chi connectivity index (χ1v) is 6.71. The zero-order valence-electron chi connectivity index (χ0n) is 10.5. The zero-order valence-corrected chi connectivity index (χ0v) is 10.5. The third-order valence-electron chi connectivity index (χ3n) is 3.61. The molecule has 0 N–H and O–H groups in total.